The summed E-state index contributed by atoms with van der Waals surface area (Å²) in [6.45, 7) is 0. The monoisotopic (exact) mass is 376 g/mol. The lowest BCUT2D eigenvalue weighted by molar-refractivity contribution is 0.0953. The Bertz CT molecular complexity index is 972. The van der Waals surface area contributed by atoms with E-state index in [0.717, 1.165) is 11.1 Å². The molecule has 134 valence electrons. The van der Waals surface area contributed by atoms with E-state index in [0.29, 0.717) is 10.6 Å². The van der Waals surface area contributed by atoms with Gasteiger partial charge in [0.15, 0.2) is 17.5 Å². The van der Waals surface area contributed by atoms with E-state index in [4.69, 9.17) is 21.1 Å². The van der Waals surface area contributed by atoms with Crippen LogP contribution in [0.2, 0.25) is 5.02 Å². The molecule has 2 aliphatic heterocycles. The molecule has 0 spiro atoms. The molecule has 2 heterocycles. The van der Waals surface area contributed by atoms with Gasteiger partial charge in [0.25, 0.3) is 0 Å². The smallest absolute Gasteiger partial charge is 0.195 e. The van der Waals surface area contributed by atoms with Gasteiger partial charge in [-0.3, -0.25) is 4.79 Å². The van der Waals surface area contributed by atoms with E-state index in [1.165, 1.54) is 0 Å². The zero-order valence-corrected chi connectivity index (χ0v) is 15.2. The van der Waals surface area contributed by atoms with Gasteiger partial charge in [0.1, 0.15) is 12.2 Å². The second-order valence-corrected chi connectivity index (χ2v) is 7.35. The topological polar surface area (TPSA) is 42.1 Å². The van der Waals surface area contributed by atoms with Crippen molar-refractivity contribution in [1.82, 2.24) is 0 Å². The molecule has 2 aliphatic rings. The SMILES string of the molecule is O=C(c1ccccc1)[C@@H]1O[C@@]1(c1ccccc1)C1O[C@@H]1c1ccc(Cl)cc1. The van der Waals surface area contributed by atoms with E-state index in [9.17, 15) is 4.79 Å². The minimum atomic E-state index is -0.738. The third-order valence-corrected chi connectivity index (χ3v) is 5.53. The quantitative estimate of drug-likeness (QED) is 0.467. The molecule has 3 nitrogen and oxygen atoms in total. The fourth-order valence-corrected chi connectivity index (χ4v) is 3.93. The molecule has 4 atom stereocenters. The fraction of sp³-hybridized carbons (Fsp3) is 0.174. The molecule has 2 fully saturated rings. The molecule has 0 amide bonds. The number of ketones is 1. The van der Waals surface area contributed by atoms with Gasteiger partial charge in [-0.2, -0.15) is 0 Å². The van der Waals surface area contributed by atoms with Gasteiger partial charge in [0.2, 0.25) is 0 Å². The highest BCUT2D eigenvalue weighted by molar-refractivity contribution is 6.30. The van der Waals surface area contributed by atoms with Crippen molar-refractivity contribution in [2.24, 2.45) is 0 Å². The number of carbonyl (C=O) groups is 1. The average molecular weight is 377 g/mol. The summed E-state index contributed by atoms with van der Waals surface area (Å²) < 4.78 is 12.1. The van der Waals surface area contributed by atoms with Crippen LogP contribution in [0.1, 0.15) is 27.6 Å². The molecular weight excluding hydrogens is 360 g/mol. The number of epoxide rings is 2. The molecule has 1 unspecified atom stereocenters. The Morgan fingerprint density at radius 3 is 2.15 bits per heavy atom. The van der Waals surface area contributed by atoms with Crippen LogP contribution in [0.4, 0.5) is 0 Å². The lowest BCUT2D eigenvalue weighted by Gasteiger charge is -2.11. The number of rotatable bonds is 5. The highest BCUT2D eigenvalue weighted by atomic mass is 35.5. The molecule has 0 aliphatic carbocycles. The van der Waals surface area contributed by atoms with Gasteiger partial charge in [-0.1, -0.05) is 84.4 Å². The van der Waals surface area contributed by atoms with Gasteiger partial charge in [0.05, 0.1) is 0 Å². The first-order chi connectivity index (χ1) is 13.2. The third kappa shape index (κ3) is 2.79. The van der Waals surface area contributed by atoms with Crippen molar-refractivity contribution in [3.8, 4) is 0 Å². The molecule has 5 rings (SSSR count). The van der Waals surface area contributed by atoms with Gasteiger partial charge >= 0.3 is 0 Å². The van der Waals surface area contributed by atoms with Gasteiger partial charge in [-0.05, 0) is 23.3 Å². The average Bonchev–Trinajstić information content (AvgIpc) is 3.62. The van der Waals surface area contributed by atoms with E-state index in [2.05, 4.69) is 0 Å². The maximum atomic E-state index is 13.0. The maximum absolute atomic E-state index is 13.0. The van der Waals surface area contributed by atoms with Gasteiger partial charge in [-0.25, -0.2) is 0 Å². The van der Waals surface area contributed by atoms with Gasteiger partial charge in [0, 0.05) is 10.6 Å². The van der Waals surface area contributed by atoms with Crippen LogP contribution < -0.4 is 0 Å². The second-order valence-electron chi connectivity index (χ2n) is 6.92. The second kappa shape index (κ2) is 6.31. The number of ether oxygens (including phenoxy) is 2. The Hall–Kier alpha value is -2.46. The number of benzene rings is 3. The lowest BCUT2D eigenvalue weighted by atomic mass is 9.86. The predicted octanol–water partition coefficient (Wildman–Crippen LogP) is 4.96. The molecule has 0 bridgehead atoms. The van der Waals surface area contributed by atoms with E-state index < -0.39 is 11.7 Å². The van der Waals surface area contributed by atoms with Crippen LogP contribution in [0.5, 0.6) is 0 Å². The summed E-state index contributed by atoms with van der Waals surface area (Å²) in [5.41, 5.74) is 1.93. The van der Waals surface area contributed by atoms with Crippen LogP contribution in [-0.2, 0) is 15.1 Å². The summed E-state index contributed by atoms with van der Waals surface area (Å²) >= 11 is 5.99. The molecular formula is C23H17ClO3. The minimum Gasteiger partial charge on any atom is -0.361 e. The summed E-state index contributed by atoms with van der Waals surface area (Å²) in [5, 5.41) is 0.688. The van der Waals surface area contributed by atoms with Crippen molar-refractivity contribution < 1.29 is 14.3 Å². The van der Waals surface area contributed by atoms with E-state index in [-0.39, 0.29) is 18.0 Å². The van der Waals surface area contributed by atoms with Crippen molar-refractivity contribution >= 4 is 17.4 Å². The zero-order valence-electron chi connectivity index (χ0n) is 14.4. The number of halogens is 1. The van der Waals surface area contributed by atoms with E-state index >= 15 is 0 Å². The van der Waals surface area contributed by atoms with Crippen LogP contribution in [0.25, 0.3) is 0 Å². The van der Waals surface area contributed by atoms with Crippen molar-refractivity contribution in [2.75, 3.05) is 0 Å². The third-order valence-electron chi connectivity index (χ3n) is 5.28. The van der Waals surface area contributed by atoms with Crippen LogP contribution >= 0.6 is 11.6 Å². The Kier molecular flexibility index (Phi) is 3.90. The summed E-state index contributed by atoms with van der Waals surface area (Å²) in [6.07, 6.45) is -0.834. The molecule has 0 N–H and O–H groups in total. The Balaban J connectivity index is 1.47. The largest absolute Gasteiger partial charge is 0.361 e. The van der Waals surface area contributed by atoms with Gasteiger partial charge in [-0.15, -0.1) is 0 Å². The van der Waals surface area contributed by atoms with Crippen LogP contribution in [-0.4, -0.2) is 18.0 Å². The molecule has 27 heavy (non-hydrogen) atoms. The number of Topliss-reactive ketones (excluding diaryl/α,β-unsaturated/α-hetero) is 1. The molecule has 0 aromatic heterocycles. The standard InChI is InChI=1S/C23H17ClO3/c24-18-13-11-16(12-14-18)20-22(26-20)23(17-9-5-2-6-10-17)21(27-23)19(25)15-7-3-1-4-8-15/h1-14,20-22H/t20-,21+,22?,23-/m1/s1. The molecule has 0 saturated carbocycles. The van der Waals surface area contributed by atoms with Crippen LogP contribution in [0, 0.1) is 0 Å². The summed E-state index contributed by atoms with van der Waals surface area (Å²) in [6, 6.07) is 26.8. The first-order valence-electron chi connectivity index (χ1n) is 8.94. The summed E-state index contributed by atoms with van der Waals surface area (Å²) in [4.78, 5) is 13.0. The molecule has 4 heteroatoms. The Labute approximate surface area is 162 Å². The van der Waals surface area contributed by atoms with E-state index in [1.807, 2.05) is 84.9 Å². The van der Waals surface area contributed by atoms with Crippen LogP contribution in [0.15, 0.2) is 84.9 Å². The number of hydrogen-bond acceptors (Lipinski definition) is 3. The normalized spacial score (nSPS) is 28.6. The molecule has 0 radical (unpaired) electrons. The van der Waals surface area contributed by atoms with Gasteiger partial charge < -0.3 is 9.47 Å². The number of hydrogen-bond donors (Lipinski definition) is 0. The fourth-order valence-electron chi connectivity index (χ4n) is 3.81. The lowest BCUT2D eigenvalue weighted by Crippen LogP contribution is -2.25. The Morgan fingerprint density at radius 1 is 0.852 bits per heavy atom. The van der Waals surface area contributed by atoms with Crippen molar-refractivity contribution in [3.05, 3.63) is 107 Å². The molecule has 2 saturated heterocycles. The van der Waals surface area contributed by atoms with E-state index in [1.54, 1.807) is 0 Å². The molecule has 3 aromatic carbocycles. The highest BCUT2D eigenvalue weighted by Gasteiger charge is 2.73. The zero-order chi connectivity index (χ0) is 18.4. The molecule has 3 aromatic rings. The number of carbonyl (C=O) groups excluding carboxylic acids is 1. The van der Waals surface area contributed by atoms with Crippen molar-refractivity contribution in [1.29, 1.82) is 0 Å². The highest BCUT2D eigenvalue weighted by Crippen LogP contribution is 2.61. The predicted molar refractivity (Wildman–Crippen MR) is 103 cm³/mol. The first-order valence-corrected chi connectivity index (χ1v) is 9.31. The Morgan fingerprint density at radius 2 is 1.48 bits per heavy atom. The van der Waals surface area contributed by atoms with Crippen molar-refractivity contribution in [3.63, 3.8) is 0 Å². The maximum Gasteiger partial charge on any atom is 0.195 e. The van der Waals surface area contributed by atoms with Crippen molar-refractivity contribution in [2.45, 2.75) is 23.9 Å². The van der Waals surface area contributed by atoms with Crippen LogP contribution in [0.3, 0.4) is 0 Å². The summed E-state index contributed by atoms with van der Waals surface area (Å²) in [7, 11) is 0. The summed E-state index contributed by atoms with van der Waals surface area (Å²) in [5.74, 6) is -0.00944. The minimum absolute atomic E-state index is 0.00944. The first kappa shape index (κ1) is 16.7.